The lowest BCUT2D eigenvalue weighted by Crippen LogP contribution is -2.50. The van der Waals surface area contributed by atoms with Gasteiger partial charge in [-0.15, -0.1) is 0 Å². The molecule has 0 unspecified atom stereocenters. The van der Waals surface area contributed by atoms with Crippen LogP contribution < -0.4 is 10.6 Å². The van der Waals surface area contributed by atoms with Gasteiger partial charge in [0.25, 0.3) is 0 Å². The Labute approximate surface area is 256 Å². The van der Waals surface area contributed by atoms with Gasteiger partial charge in [0.2, 0.25) is 11.8 Å². The normalized spacial score (nSPS) is 32.0. The molecular formula is C33H50N2O8. The molecular weight excluding hydrogens is 552 g/mol. The van der Waals surface area contributed by atoms with E-state index in [1.807, 2.05) is 26.0 Å². The van der Waals surface area contributed by atoms with Crippen LogP contribution >= 0.6 is 0 Å². The van der Waals surface area contributed by atoms with Gasteiger partial charge in [0.15, 0.2) is 5.78 Å². The fourth-order valence-corrected chi connectivity index (χ4v) is 5.57. The van der Waals surface area contributed by atoms with Crippen LogP contribution in [0, 0.1) is 5.92 Å². The number of rotatable bonds is 12. The summed E-state index contributed by atoms with van der Waals surface area (Å²) in [6, 6.07) is -0.110. The molecule has 2 amide bonds. The van der Waals surface area contributed by atoms with Crippen molar-refractivity contribution in [3.8, 4) is 0 Å². The highest BCUT2D eigenvalue weighted by Crippen LogP contribution is 2.43. The highest BCUT2D eigenvalue weighted by Gasteiger charge is 2.51. The molecule has 3 rings (SSSR count). The molecule has 0 aromatic carbocycles. The highest BCUT2D eigenvalue weighted by atomic mass is 16.6. The zero-order valence-electron chi connectivity index (χ0n) is 26.9. The van der Waals surface area contributed by atoms with Crippen LogP contribution in [0.3, 0.4) is 0 Å². The summed E-state index contributed by atoms with van der Waals surface area (Å²) in [4.78, 5) is 47.8. The molecule has 43 heavy (non-hydrogen) atoms. The van der Waals surface area contributed by atoms with E-state index in [1.54, 1.807) is 26.8 Å². The number of carbonyl (C=O) groups excluding carboxylic acids is 4. The van der Waals surface area contributed by atoms with Crippen LogP contribution in [0.4, 0.5) is 0 Å². The van der Waals surface area contributed by atoms with E-state index < -0.39 is 17.6 Å². The molecule has 240 valence electrons. The van der Waals surface area contributed by atoms with Crippen LogP contribution in [-0.4, -0.2) is 77.9 Å². The second-order valence-corrected chi connectivity index (χ2v) is 13.0. The summed E-state index contributed by atoms with van der Waals surface area (Å²) in [5.41, 5.74) is -0.0463. The number of carbonyl (C=O) groups is 4. The minimum Gasteiger partial charge on any atom is -0.459 e. The molecule has 3 aliphatic heterocycles. The first-order valence-corrected chi connectivity index (χ1v) is 15.4. The number of esters is 1. The van der Waals surface area contributed by atoms with Gasteiger partial charge in [-0.25, -0.2) is 0 Å². The van der Waals surface area contributed by atoms with Crippen molar-refractivity contribution in [1.82, 2.24) is 10.6 Å². The Bertz CT molecular complexity index is 1120. The Balaban J connectivity index is 1.48. The fourth-order valence-electron chi connectivity index (χ4n) is 5.57. The van der Waals surface area contributed by atoms with Crippen molar-refractivity contribution in [3.05, 3.63) is 36.0 Å². The third kappa shape index (κ3) is 11.0. The van der Waals surface area contributed by atoms with E-state index in [2.05, 4.69) is 23.6 Å². The molecule has 0 aliphatic carbocycles. The van der Waals surface area contributed by atoms with Gasteiger partial charge < -0.3 is 29.6 Å². The molecule has 0 radical (unpaired) electrons. The predicted molar refractivity (Wildman–Crippen MR) is 162 cm³/mol. The Hall–Kier alpha value is -2.82. The lowest BCUT2D eigenvalue weighted by molar-refractivity contribution is -0.143. The van der Waals surface area contributed by atoms with Crippen LogP contribution in [0.2, 0.25) is 0 Å². The first-order chi connectivity index (χ1) is 20.1. The molecule has 0 bridgehead atoms. The molecule has 10 nitrogen and oxygen atoms in total. The van der Waals surface area contributed by atoms with Crippen molar-refractivity contribution in [2.75, 3.05) is 6.61 Å². The Kier molecular flexibility index (Phi) is 11.9. The lowest BCUT2D eigenvalue weighted by atomic mass is 9.88. The van der Waals surface area contributed by atoms with Crippen molar-refractivity contribution in [2.45, 2.75) is 135 Å². The smallest absolute Gasteiger partial charge is 0.303 e. The summed E-state index contributed by atoms with van der Waals surface area (Å²) >= 11 is 0. The molecule has 0 aromatic rings. The second kappa shape index (κ2) is 14.8. The monoisotopic (exact) mass is 602 g/mol. The van der Waals surface area contributed by atoms with Crippen molar-refractivity contribution in [1.29, 1.82) is 0 Å². The minimum atomic E-state index is -0.906. The molecule has 3 aliphatic rings. The highest BCUT2D eigenvalue weighted by molar-refractivity contribution is 5.90. The van der Waals surface area contributed by atoms with Gasteiger partial charge in [-0.2, -0.15) is 0 Å². The largest absolute Gasteiger partial charge is 0.459 e. The maximum atomic E-state index is 12.6. The van der Waals surface area contributed by atoms with Crippen LogP contribution in [0.15, 0.2) is 36.0 Å². The van der Waals surface area contributed by atoms with Crippen LogP contribution in [0.5, 0.6) is 0 Å². The molecule has 3 heterocycles. The maximum absolute atomic E-state index is 12.6. The van der Waals surface area contributed by atoms with E-state index >= 15 is 0 Å². The lowest BCUT2D eigenvalue weighted by Gasteiger charge is -2.39. The second-order valence-electron chi connectivity index (χ2n) is 13.0. The molecule has 2 N–H and O–H groups in total. The van der Waals surface area contributed by atoms with E-state index in [0.29, 0.717) is 13.0 Å². The first-order valence-electron chi connectivity index (χ1n) is 15.4. The molecule has 10 heteroatoms. The molecule has 3 fully saturated rings. The number of hydrogen-bond acceptors (Lipinski definition) is 8. The number of ether oxygens (including phenoxy) is 4. The number of nitrogens with one attached hydrogen (secondary N) is 2. The van der Waals surface area contributed by atoms with Crippen LogP contribution in [-0.2, 0) is 38.1 Å². The van der Waals surface area contributed by atoms with E-state index in [9.17, 15) is 19.2 Å². The standard InChI is InChI=1S/C33H50N2O8/c1-20(9-12-26-17-33(19-40-33)18-27(43-26)16-31(39)35-32(7,8)24(5)36)10-13-29-21(2)15-28(23(4)42-29)34-30(38)14-11-22(3)41-25(6)37/h9-12,14,21-23,26-29H,13,15-19H2,1-8H3,(H,34,38)(H,35,39)/b12-9+,14-11-,20-10+/t21-,22-,23+,26+,27+,28+,29-,33+/m0/s1. The van der Waals surface area contributed by atoms with Gasteiger partial charge in [-0.3, -0.25) is 19.2 Å². The van der Waals surface area contributed by atoms with Crippen molar-refractivity contribution in [2.24, 2.45) is 5.92 Å². The predicted octanol–water partition coefficient (Wildman–Crippen LogP) is 3.88. The van der Waals surface area contributed by atoms with Crippen molar-refractivity contribution >= 4 is 23.6 Å². The Morgan fingerprint density at radius 3 is 2.40 bits per heavy atom. The Morgan fingerprint density at radius 1 is 1.07 bits per heavy atom. The molecule has 0 aromatic heterocycles. The summed E-state index contributed by atoms with van der Waals surface area (Å²) in [6.07, 6.45) is 11.3. The van der Waals surface area contributed by atoms with Crippen LogP contribution in [0.1, 0.15) is 87.5 Å². The van der Waals surface area contributed by atoms with Crippen molar-refractivity contribution in [3.63, 3.8) is 0 Å². The van der Waals surface area contributed by atoms with Gasteiger partial charge in [-0.1, -0.05) is 30.7 Å². The average Bonchev–Trinajstić information content (AvgIpc) is 3.63. The fraction of sp³-hybridized carbons (Fsp3) is 0.697. The number of allylic oxidation sites excluding steroid dienone is 2. The number of ketones is 1. The summed E-state index contributed by atoms with van der Waals surface area (Å²) < 4.78 is 23.3. The number of amides is 2. The number of Topliss-reactive ketones (excluding diaryl/α,β-unsaturated/α-hetero) is 1. The van der Waals surface area contributed by atoms with E-state index in [4.69, 9.17) is 18.9 Å². The van der Waals surface area contributed by atoms with Gasteiger partial charge >= 0.3 is 5.97 Å². The van der Waals surface area contributed by atoms with E-state index in [0.717, 1.165) is 24.8 Å². The summed E-state index contributed by atoms with van der Waals surface area (Å²) in [7, 11) is 0. The van der Waals surface area contributed by atoms with Gasteiger partial charge in [0.1, 0.15) is 6.10 Å². The SMILES string of the molecule is CC(=O)O[C@@H](C)/C=C\C(=O)N[C@@H]1C[C@H](C)[C@H](C/C=C(C)/C=C/[C@@H]2C[C@]3(CO3)C[C@@H](CC(=O)NC(C)(C)C(C)=O)O2)O[C@@H]1C. The van der Waals surface area contributed by atoms with Crippen LogP contribution in [0.25, 0.3) is 0 Å². The summed E-state index contributed by atoms with van der Waals surface area (Å²) in [5.74, 6) is -0.688. The molecule has 1 spiro atoms. The maximum Gasteiger partial charge on any atom is 0.303 e. The molecule has 8 atom stereocenters. The molecule has 0 saturated carbocycles. The van der Waals surface area contributed by atoms with Gasteiger partial charge in [-0.05, 0) is 66.4 Å². The molecule has 3 saturated heterocycles. The minimum absolute atomic E-state index is 0.0299. The van der Waals surface area contributed by atoms with Gasteiger partial charge in [0, 0.05) is 25.8 Å². The summed E-state index contributed by atoms with van der Waals surface area (Å²) in [5, 5.41) is 5.82. The topological polar surface area (TPSA) is 133 Å². The zero-order valence-corrected chi connectivity index (χ0v) is 26.9. The summed E-state index contributed by atoms with van der Waals surface area (Å²) in [6.45, 7) is 14.7. The third-order valence-electron chi connectivity index (χ3n) is 8.50. The first kappa shape index (κ1) is 34.7. The zero-order chi connectivity index (χ0) is 31.9. The van der Waals surface area contributed by atoms with Crippen molar-refractivity contribution < 1.29 is 38.1 Å². The quantitative estimate of drug-likeness (QED) is 0.149. The number of hydrogen-bond donors (Lipinski definition) is 2. The Morgan fingerprint density at radius 2 is 1.77 bits per heavy atom. The van der Waals surface area contributed by atoms with E-state index in [-0.39, 0.29) is 66.0 Å². The van der Waals surface area contributed by atoms with E-state index in [1.165, 1.54) is 19.9 Å². The average molecular weight is 603 g/mol. The number of epoxide rings is 1. The van der Waals surface area contributed by atoms with Gasteiger partial charge in [0.05, 0.1) is 54.6 Å². The third-order valence-corrected chi connectivity index (χ3v) is 8.50.